The lowest BCUT2D eigenvalue weighted by Gasteiger charge is -2.38. The van der Waals surface area contributed by atoms with Gasteiger partial charge in [-0.05, 0) is 37.8 Å². The summed E-state index contributed by atoms with van der Waals surface area (Å²) < 4.78 is 5.74. The van der Waals surface area contributed by atoms with Gasteiger partial charge < -0.3 is 4.74 Å². The molecule has 1 aromatic carbocycles. The van der Waals surface area contributed by atoms with Gasteiger partial charge in [0.05, 0.1) is 0 Å². The summed E-state index contributed by atoms with van der Waals surface area (Å²) in [6.07, 6.45) is 4.56. The van der Waals surface area contributed by atoms with Crippen molar-refractivity contribution < 1.29 is 9.53 Å². The molecule has 1 aliphatic carbocycles. The van der Waals surface area contributed by atoms with Crippen LogP contribution in [-0.4, -0.2) is 12.7 Å². The molecule has 0 heterocycles. The summed E-state index contributed by atoms with van der Waals surface area (Å²) in [6.45, 7) is 6.23. The van der Waals surface area contributed by atoms with E-state index in [1.807, 2.05) is 31.2 Å². The molecule has 0 saturated heterocycles. The third kappa shape index (κ3) is 2.36. The smallest absolute Gasteiger partial charge is 0.235 e. The SMILES string of the molecule is C=C(C)COc1ccccc1C1(N=C=O)CCC1. The van der Waals surface area contributed by atoms with Crippen LogP contribution in [0.15, 0.2) is 41.4 Å². The molecule has 0 aliphatic heterocycles. The molecule has 0 radical (unpaired) electrons. The lowest BCUT2D eigenvalue weighted by Crippen LogP contribution is -2.32. The first kappa shape index (κ1) is 12.6. The van der Waals surface area contributed by atoms with Crippen LogP contribution >= 0.6 is 0 Å². The van der Waals surface area contributed by atoms with Crippen molar-refractivity contribution in [2.45, 2.75) is 31.7 Å². The van der Waals surface area contributed by atoms with Crippen LogP contribution in [0.5, 0.6) is 5.75 Å². The van der Waals surface area contributed by atoms with Crippen LogP contribution in [0.1, 0.15) is 31.7 Å². The van der Waals surface area contributed by atoms with E-state index in [9.17, 15) is 4.79 Å². The maximum absolute atomic E-state index is 10.6. The van der Waals surface area contributed by atoms with Gasteiger partial charge in [0.2, 0.25) is 6.08 Å². The predicted octanol–water partition coefficient (Wildman–Crippen LogP) is 3.36. The fourth-order valence-corrected chi connectivity index (χ4v) is 2.22. The topological polar surface area (TPSA) is 38.7 Å². The van der Waals surface area contributed by atoms with Crippen LogP contribution < -0.4 is 4.74 Å². The zero-order valence-electron chi connectivity index (χ0n) is 10.6. The second kappa shape index (κ2) is 5.19. The van der Waals surface area contributed by atoms with Gasteiger partial charge in [0.15, 0.2) is 0 Å². The Balaban J connectivity index is 2.31. The maximum atomic E-state index is 10.6. The van der Waals surface area contributed by atoms with Gasteiger partial charge in [-0.1, -0.05) is 24.8 Å². The second-order valence-electron chi connectivity index (χ2n) is 4.83. The van der Waals surface area contributed by atoms with Crippen molar-refractivity contribution in [1.29, 1.82) is 0 Å². The van der Waals surface area contributed by atoms with Crippen LogP contribution in [0, 0.1) is 0 Å². The number of aliphatic imine (C=N–C) groups is 1. The molecule has 1 fully saturated rings. The Morgan fingerprint density at radius 1 is 1.50 bits per heavy atom. The van der Waals surface area contributed by atoms with E-state index in [1.54, 1.807) is 6.08 Å². The summed E-state index contributed by atoms with van der Waals surface area (Å²) in [4.78, 5) is 14.6. The molecule has 1 aliphatic rings. The van der Waals surface area contributed by atoms with Crippen molar-refractivity contribution in [2.75, 3.05) is 6.61 Å². The largest absolute Gasteiger partial charge is 0.489 e. The maximum Gasteiger partial charge on any atom is 0.235 e. The molecule has 0 amide bonds. The summed E-state index contributed by atoms with van der Waals surface area (Å²) in [7, 11) is 0. The minimum Gasteiger partial charge on any atom is -0.489 e. The molecular formula is C15H17NO2. The summed E-state index contributed by atoms with van der Waals surface area (Å²) in [5.74, 6) is 0.791. The van der Waals surface area contributed by atoms with Gasteiger partial charge in [0.1, 0.15) is 17.9 Å². The van der Waals surface area contributed by atoms with Gasteiger partial charge in [-0.15, -0.1) is 0 Å². The van der Waals surface area contributed by atoms with Crippen LogP contribution in [0.4, 0.5) is 0 Å². The minimum absolute atomic E-state index is 0.409. The van der Waals surface area contributed by atoms with E-state index in [2.05, 4.69) is 11.6 Å². The van der Waals surface area contributed by atoms with E-state index in [-0.39, 0.29) is 0 Å². The second-order valence-corrected chi connectivity index (χ2v) is 4.83. The van der Waals surface area contributed by atoms with E-state index in [1.165, 1.54) is 0 Å². The van der Waals surface area contributed by atoms with Crippen LogP contribution in [0.2, 0.25) is 0 Å². The Bertz CT molecular complexity index is 497. The molecule has 0 unspecified atom stereocenters. The third-order valence-corrected chi connectivity index (χ3v) is 3.30. The fourth-order valence-electron chi connectivity index (χ4n) is 2.22. The molecule has 18 heavy (non-hydrogen) atoms. The lowest BCUT2D eigenvalue weighted by molar-refractivity contribution is 0.241. The van der Waals surface area contributed by atoms with Gasteiger partial charge in [-0.3, -0.25) is 0 Å². The average Bonchev–Trinajstić information content (AvgIpc) is 2.32. The van der Waals surface area contributed by atoms with Crippen molar-refractivity contribution in [1.82, 2.24) is 0 Å². The molecule has 0 atom stereocenters. The number of isocyanates is 1. The molecule has 0 spiro atoms. The molecule has 0 aromatic heterocycles. The van der Waals surface area contributed by atoms with Crippen molar-refractivity contribution in [3.63, 3.8) is 0 Å². The fraction of sp³-hybridized carbons (Fsp3) is 0.400. The van der Waals surface area contributed by atoms with E-state index < -0.39 is 5.54 Å². The molecule has 0 N–H and O–H groups in total. The van der Waals surface area contributed by atoms with Crippen LogP contribution in [-0.2, 0) is 10.3 Å². The number of para-hydroxylation sites is 1. The van der Waals surface area contributed by atoms with Crippen LogP contribution in [0.25, 0.3) is 0 Å². The van der Waals surface area contributed by atoms with Crippen molar-refractivity contribution in [3.8, 4) is 5.75 Å². The highest BCUT2D eigenvalue weighted by atomic mass is 16.5. The van der Waals surface area contributed by atoms with Gasteiger partial charge in [-0.25, -0.2) is 4.79 Å². The van der Waals surface area contributed by atoms with Crippen LogP contribution in [0.3, 0.4) is 0 Å². The molecular weight excluding hydrogens is 226 g/mol. The standard InChI is InChI=1S/C15H17NO2/c1-12(2)10-18-14-7-4-3-6-13(14)15(16-11-17)8-5-9-15/h3-4,6-7H,1,5,8-10H2,2H3. The molecule has 3 nitrogen and oxygen atoms in total. The van der Waals surface area contributed by atoms with E-state index in [0.29, 0.717) is 6.61 Å². The summed E-state index contributed by atoms with van der Waals surface area (Å²) in [6, 6.07) is 7.77. The molecule has 1 aromatic rings. The highest BCUT2D eigenvalue weighted by Gasteiger charge is 2.40. The average molecular weight is 243 g/mol. The normalized spacial score (nSPS) is 16.3. The number of hydrogen-bond donors (Lipinski definition) is 0. The number of benzene rings is 1. The van der Waals surface area contributed by atoms with Gasteiger partial charge in [-0.2, -0.15) is 4.99 Å². The molecule has 0 bridgehead atoms. The zero-order valence-corrected chi connectivity index (χ0v) is 10.6. The number of rotatable bonds is 5. The van der Waals surface area contributed by atoms with E-state index >= 15 is 0 Å². The number of nitrogens with zero attached hydrogens (tertiary/aromatic N) is 1. The summed E-state index contributed by atoms with van der Waals surface area (Å²) in [5.41, 5.74) is 1.54. The van der Waals surface area contributed by atoms with Gasteiger partial charge in [0, 0.05) is 5.56 Å². The van der Waals surface area contributed by atoms with E-state index in [0.717, 1.165) is 36.1 Å². The minimum atomic E-state index is -0.409. The Hall–Kier alpha value is -1.86. The highest BCUT2D eigenvalue weighted by Crippen LogP contribution is 2.47. The number of carbonyl (C=O) groups excluding carboxylic acids is 1. The first-order valence-electron chi connectivity index (χ1n) is 6.14. The molecule has 3 heteroatoms. The summed E-state index contributed by atoms with van der Waals surface area (Å²) >= 11 is 0. The first-order chi connectivity index (χ1) is 8.68. The highest BCUT2D eigenvalue weighted by molar-refractivity contribution is 5.45. The van der Waals surface area contributed by atoms with Crippen molar-refractivity contribution in [3.05, 3.63) is 42.0 Å². The van der Waals surface area contributed by atoms with E-state index in [4.69, 9.17) is 4.74 Å². The quantitative estimate of drug-likeness (QED) is 0.452. The Morgan fingerprint density at radius 2 is 2.22 bits per heavy atom. The number of ether oxygens (including phenoxy) is 1. The summed E-state index contributed by atoms with van der Waals surface area (Å²) in [5, 5.41) is 0. The van der Waals surface area contributed by atoms with Gasteiger partial charge in [0.25, 0.3) is 0 Å². The predicted molar refractivity (Wildman–Crippen MR) is 70.4 cm³/mol. The number of hydrogen-bond acceptors (Lipinski definition) is 3. The Kier molecular flexibility index (Phi) is 3.63. The Labute approximate surface area is 107 Å². The lowest BCUT2D eigenvalue weighted by atomic mass is 9.72. The molecule has 94 valence electrons. The zero-order chi connectivity index (χ0) is 13.0. The van der Waals surface area contributed by atoms with Crippen molar-refractivity contribution in [2.24, 2.45) is 4.99 Å². The third-order valence-electron chi connectivity index (χ3n) is 3.30. The Morgan fingerprint density at radius 3 is 2.78 bits per heavy atom. The first-order valence-corrected chi connectivity index (χ1v) is 6.14. The van der Waals surface area contributed by atoms with Gasteiger partial charge >= 0.3 is 0 Å². The van der Waals surface area contributed by atoms with Crippen molar-refractivity contribution >= 4 is 6.08 Å². The monoisotopic (exact) mass is 243 g/mol. The molecule has 2 rings (SSSR count). The molecule has 1 saturated carbocycles.